The molecule has 0 radical (unpaired) electrons. The van der Waals surface area contributed by atoms with Crippen molar-refractivity contribution in [3.8, 4) is 0 Å². The van der Waals surface area contributed by atoms with Crippen LogP contribution in [-0.2, 0) is 4.79 Å². The monoisotopic (exact) mass is 296 g/mol. The highest BCUT2D eigenvalue weighted by molar-refractivity contribution is 6.03. The van der Waals surface area contributed by atoms with Gasteiger partial charge >= 0.3 is 0 Å². The van der Waals surface area contributed by atoms with Crippen molar-refractivity contribution >= 4 is 23.4 Å². The Hall–Kier alpha value is -2.95. The molecule has 5 heteroatoms. The lowest BCUT2D eigenvalue weighted by molar-refractivity contribution is -0.385. The van der Waals surface area contributed by atoms with E-state index >= 15 is 0 Å². The summed E-state index contributed by atoms with van der Waals surface area (Å²) in [5.74, 6) is -0.247. The third-order valence-corrected chi connectivity index (χ3v) is 3.26. The molecule has 0 saturated carbocycles. The number of rotatable bonds is 4. The second-order valence-corrected chi connectivity index (χ2v) is 4.89. The summed E-state index contributed by atoms with van der Waals surface area (Å²) >= 11 is 0. The molecule has 0 heterocycles. The molecule has 22 heavy (non-hydrogen) atoms. The van der Waals surface area contributed by atoms with Gasteiger partial charge in [-0.2, -0.15) is 0 Å². The number of hydrogen-bond donors (Lipinski definition) is 0. The van der Waals surface area contributed by atoms with Crippen LogP contribution in [0.3, 0.4) is 0 Å². The van der Waals surface area contributed by atoms with E-state index < -0.39 is 4.92 Å². The molecule has 2 aromatic carbocycles. The molecule has 0 aromatic heterocycles. The van der Waals surface area contributed by atoms with Crippen molar-refractivity contribution in [1.29, 1.82) is 0 Å². The number of carbonyl (C=O) groups excluding carboxylic acids is 1. The molecule has 0 fully saturated rings. The molecule has 0 atom stereocenters. The smallest absolute Gasteiger partial charge is 0.276 e. The Morgan fingerprint density at radius 2 is 1.91 bits per heavy atom. The number of anilines is 1. The van der Waals surface area contributed by atoms with Crippen LogP contribution in [0.1, 0.15) is 11.1 Å². The Morgan fingerprint density at radius 1 is 1.18 bits per heavy atom. The van der Waals surface area contributed by atoms with E-state index in [2.05, 4.69) is 0 Å². The van der Waals surface area contributed by atoms with Crippen molar-refractivity contribution in [2.75, 3.05) is 11.9 Å². The molecule has 0 aliphatic rings. The number of amides is 1. The van der Waals surface area contributed by atoms with Crippen molar-refractivity contribution in [2.24, 2.45) is 0 Å². The lowest BCUT2D eigenvalue weighted by atomic mass is 10.1. The average Bonchev–Trinajstić information content (AvgIpc) is 2.52. The van der Waals surface area contributed by atoms with Gasteiger partial charge in [0.05, 0.1) is 10.5 Å². The number of carbonyl (C=O) groups is 1. The van der Waals surface area contributed by atoms with Gasteiger partial charge in [0.15, 0.2) is 0 Å². The van der Waals surface area contributed by atoms with Crippen molar-refractivity contribution < 1.29 is 9.72 Å². The molecule has 0 N–H and O–H groups in total. The highest BCUT2D eigenvalue weighted by atomic mass is 16.6. The SMILES string of the molecule is Cc1cccc(N(C)C(=O)/C=C/c2ccccc2[N+](=O)[O-])c1. The lowest BCUT2D eigenvalue weighted by Crippen LogP contribution is -2.23. The van der Waals surface area contributed by atoms with Gasteiger partial charge in [0.2, 0.25) is 0 Å². The number of nitro groups is 1. The van der Waals surface area contributed by atoms with Gasteiger partial charge in [0.25, 0.3) is 11.6 Å². The van der Waals surface area contributed by atoms with Crippen molar-refractivity contribution in [3.63, 3.8) is 0 Å². The van der Waals surface area contributed by atoms with Crippen LogP contribution in [0.15, 0.2) is 54.6 Å². The van der Waals surface area contributed by atoms with Gasteiger partial charge in [-0.25, -0.2) is 0 Å². The average molecular weight is 296 g/mol. The van der Waals surface area contributed by atoms with Crippen LogP contribution in [-0.4, -0.2) is 17.9 Å². The van der Waals surface area contributed by atoms with Gasteiger partial charge in [-0.05, 0) is 36.8 Å². The first-order valence-electron chi connectivity index (χ1n) is 6.75. The fraction of sp³-hybridized carbons (Fsp3) is 0.118. The standard InChI is InChI=1S/C17H16N2O3/c1-13-6-5-8-15(12-13)18(2)17(20)11-10-14-7-3-4-9-16(14)19(21)22/h3-12H,1-2H3/b11-10+. The van der Waals surface area contributed by atoms with E-state index in [1.54, 1.807) is 25.2 Å². The number of hydrogen-bond acceptors (Lipinski definition) is 3. The van der Waals surface area contributed by atoms with Crippen LogP contribution >= 0.6 is 0 Å². The molecule has 0 unspecified atom stereocenters. The molecule has 2 aromatic rings. The molecule has 1 amide bonds. The predicted molar refractivity (Wildman–Crippen MR) is 86.7 cm³/mol. The van der Waals surface area contributed by atoms with Crippen LogP contribution in [0.2, 0.25) is 0 Å². The first-order valence-corrected chi connectivity index (χ1v) is 6.75. The number of likely N-dealkylation sites (N-methyl/N-ethyl adjacent to an activating group) is 1. The second-order valence-electron chi connectivity index (χ2n) is 4.89. The first kappa shape index (κ1) is 15.4. The molecule has 112 valence electrons. The number of aryl methyl sites for hydroxylation is 1. The maximum absolute atomic E-state index is 12.2. The van der Waals surface area contributed by atoms with E-state index in [1.807, 2.05) is 31.2 Å². The zero-order valence-corrected chi connectivity index (χ0v) is 12.4. The molecule has 0 spiro atoms. The van der Waals surface area contributed by atoms with Crippen molar-refractivity contribution in [1.82, 2.24) is 0 Å². The van der Waals surface area contributed by atoms with Crippen LogP contribution in [0, 0.1) is 17.0 Å². The predicted octanol–water partition coefficient (Wildman–Crippen LogP) is 3.58. The van der Waals surface area contributed by atoms with E-state index in [9.17, 15) is 14.9 Å². The minimum atomic E-state index is -0.464. The molecule has 0 aliphatic carbocycles. The van der Waals surface area contributed by atoms with E-state index in [0.717, 1.165) is 11.3 Å². The number of nitrogens with zero attached hydrogens (tertiary/aromatic N) is 2. The van der Waals surface area contributed by atoms with E-state index in [0.29, 0.717) is 5.56 Å². The summed E-state index contributed by atoms with van der Waals surface area (Å²) in [6.07, 6.45) is 2.80. The van der Waals surface area contributed by atoms with Gasteiger partial charge in [0, 0.05) is 24.9 Å². The Kier molecular flexibility index (Phi) is 4.68. The normalized spacial score (nSPS) is 10.6. The summed E-state index contributed by atoms with van der Waals surface area (Å²) in [6.45, 7) is 1.95. The quantitative estimate of drug-likeness (QED) is 0.492. The summed E-state index contributed by atoms with van der Waals surface area (Å²) in [6, 6.07) is 13.9. The molecule has 0 bridgehead atoms. The maximum Gasteiger partial charge on any atom is 0.276 e. The number of benzene rings is 2. The Morgan fingerprint density at radius 3 is 2.59 bits per heavy atom. The number of nitro benzene ring substituents is 1. The van der Waals surface area contributed by atoms with Crippen LogP contribution < -0.4 is 4.90 Å². The molecule has 2 rings (SSSR count). The van der Waals surface area contributed by atoms with E-state index in [1.165, 1.54) is 23.1 Å². The minimum Gasteiger partial charge on any atom is -0.312 e. The third kappa shape index (κ3) is 3.58. The molecular weight excluding hydrogens is 280 g/mol. The summed E-state index contributed by atoms with van der Waals surface area (Å²) in [4.78, 5) is 24.1. The van der Waals surface area contributed by atoms with Crippen LogP contribution in [0.25, 0.3) is 6.08 Å². The molecular formula is C17H16N2O3. The summed E-state index contributed by atoms with van der Waals surface area (Å²) in [5, 5.41) is 10.9. The fourth-order valence-electron chi connectivity index (χ4n) is 2.03. The second kappa shape index (κ2) is 6.67. The van der Waals surface area contributed by atoms with E-state index in [-0.39, 0.29) is 11.6 Å². The lowest BCUT2D eigenvalue weighted by Gasteiger charge is -2.15. The largest absolute Gasteiger partial charge is 0.312 e. The van der Waals surface area contributed by atoms with Crippen LogP contribution in [0.4, 0.5) is 11.4 Å². The van der Waals surface area contributed by atoms with Gasteiger partial charge in [0.1, 0.15) is 0 Å². The van der Waals surface area contributed by atoms with Gasteiger partial charge in [-0.3, -0.25) is 14.9 Å². The summed E-state index contributed by atoms with van der Waals surface area (Å²) in [5.41, 5.74) is 2.21. The molecule has 0 saturated heterocycles. The topological polar surface area (TPSA) is 63.5 Å². The zero-order valence-electron chi connectivity index (χ0n) is 12.4. The van der Waals surface area contributed by atoms with Crippen molar-refractivity contribution in [3.05, 3.63) is 75.8 Å². The number of para-hydroxylation sites is 1. The van der Waals surface area contributed by atoms with Gasteiger partial charge in [-0.1, -0.05) is 24.3 Å². The summed E-state index contributed by atoms with van der Waals surface area (Å²) in [7, 11) is 1.67. The Bertz CT molecular complexity index is 738. The highest BCUT2D eigenvalue weighted by Crippen LogP contribution is 2.20. The Balaban J connectivity index is 2.20. The molecule has 5 nitrogen and oxygen atoms in total. The van der Waals surface area contributed by atoms with Crippen molar-refractivity contribution in [2.45, 2.75) is 6.92 Å². The molecule has 0 aliphatic heterocycles. The van der Waals surface area contributed by atoms with Crippen LogP contribution in [0.5, 0.6) is 0 Å². The minimum absolute atomic E-state index is 0.0234. The highest BCUT2D eigenvalue weighted by Gasteiger charge is 2.11. The maximum atomic E-state index is 12.2. The van der Waals surface area contributed by atoms with Gasteiger partial charge in [-0.15, -0.1) is 0 Å². The zero-order chi connectivity index (χ0) is 16.1. The Labute approximate surface area is 128 Å². The third-order valence-electron chi connectivity index (χ3n) is 3.26. The fourth-order valence-corrected chi connectivity index (χ4v) is 2.03. The van der Waals surface area contributed by atoms with Gasteiger partial charge < -0.3 is 4.90 Å². The first-order chi connectivity index (χ1) is 10.5. The summed E-state index contributed by atoms with van der Waals surface area (Å²) < 4.78 is 0. The van der Waals surface area contributed by atoms with E-state index in [4.69, 9.17) is 0 Å².